The molecule has 2 saturated carbocycles. The fourth-order valence-corrected chi connectivity index (χ4v) is 5.28. The van der Waals surface area contributed by atoms with Gasteiger partial charge in [-0.15, -0.1) is 0 Å². The molecule has 3 fully saturated rings. The second kappa shape index (κ2) is 6.41. The van der Waals surface area contributed by atoms with E-state index in [1.54, 1.807) is 0 Å². The van der Waals surface area contributed by atoms with E-state index in [4.69, 9.17) is 4.74 Å². The van der Waals surface area contributed by atoms with Gasteiger partial charge in [-0.3, -0.25) is 0 Å². The van der Waals surface area contributed by atoms with Crippen LogP contribution in [-0.4, -0.2) is 48.5 Å². The number of nitrogens with zero attached hydrogens (tertiary/aromatic N) is 1. The molecule has 0 aromatic carbocycles. The van der Waals surface area contributed by atoms with E-state index in [9.17, 15) is 5.11 Å². The van der Waals surface area contributed by atoms with E-state index in [1.807, 2.05) is 0 Å². The monoisotopic (exact) mass is 309 g/mol. The van der Waals surface area contributed by atoms with Crippen LogP contribution >= 0.6 is 0 Å². The molecule has 4 atom stereocenters. The van der Waals surface area contributed by atoms with E-state index in [-0.39, 0.29) is 6.10 Å². The molecular weight excluding hydrogens is 274 g/mol. The van der Waals surface area contributed by atoms with Crippen LogP contribution in [0.4, 0.5) is 0 Å². The minimum Gasteiger partial charge on any atom is -0.389 e. The fourth-order valence-electron chi connectivity index (χ4n) is 5.28. The first-order valence-electron chi connectivity index (χ1n) is 9.45. The second-order valence-corrected chi connectivity index (χ2v) is 8.80. The van der Waals surface area contributed by atoms with E-state index >= 15 is 0 Å². The average molecular weight is 309 g/mol. The van der Waals surface area contributed by atoms with Crippen LogP contribution < -0.4 is 0 Å². The first-order chi connectivity index (χ1) is 10.4. The van der Waals surface area contributed by atoms with E-state index in [0.717, 1.165) is 25.6 Å². The molecule has 0 unspecified atom stereocenters. The van der Waals surface area contributed by atoms with Gasteiger partial charge in [0.15, 0.2) is 0 Å². The largest absolute Gasteiger partial charge is 0.389 e. The standard InChI is InChI=1S/C19H35NO2/c1-18(2)15-8-9-19(18,3)17(12-15)22-14-16(21)13-20-10-6-4-5-7-11-20/h15-17,21H,4-14H2,1-3H3/t15-,16+,17+,19+/m0/s1. The molecule has 3 rings (SSSR count). The molecule has 0 aromatic rings. The molecule has 1 N–H and O–H groups in total. The molecule has 0 amide bonds. The van der Waals surface area contributed by atoms with Gasteiger partial charge < -0.3 is 14.7 Å². The zero-order chi connectivity index (χ0) is 15.8. The van der Waals surface area contributed by atoms with Gasteiger partial charge in [0.25, 0.3) is 0 Å². The number of fused-ring (bicyclic) bond motifs is 2. The molecule has 2 aliphatic carbocycles. The molecule has 1 heterocycles. The zero-order valence-electron chi connectivity index (χ0n) is 14.8. The Labute approximate surface area is 136 Å². The number of aliphatic hydroxyl groups excluding tert-OH is 1. The van der Waals surface area contributed by atoms with Crippen molar-refractivity contribution in [2.75, 3.05) is 26.2 Å². The Hall–Kier alpha value is -0.120. The summed E-state index contributed by atoms with van der Waals surface area (Å²) in [6, 6.07) is 0. The van der Waals surface area contributed by atoms with Crippen molar-refractivity contribution in [3.63, 3.8) is 0 Å². The van der Waals surface area contributed by atoms with Crippen molar-refractivity contribution in [2.24, 2.45) is 16.7 Å². The molecule has 3 nitrogen and oxygen atoms in total. The van der Waals surface area contributed by atoms with Crippen molar-refractivity contribution < 1.29 is 9.84 Å². The van der Waals surface area contributed by atoms with Gasteiger partial charge in [-0.1, -0.05) is 33.6 Å². The predicted octanol–water partition coefficient (Wildman–Crippen LogP) is 3.45. The molecule has 128 valence electrons. The molecule has 0 spiro atoms. The summed E-state index contributed by atoms with van der Waals surface area (Å²) in [5, 5.41) is 10.4. The minimum atomic E-state index is -0.330. The summed E-state index contributed by atoms with van der Waals surface area (Å²) < 4.78 is 6.23. The lowest BCUT2D eigenvalue weighted by molar-refractivity contribution is -0.0791. The van der Waals surface area contributed by atoms with Crippen molar-refractivity contribution in [1.29, 1.82) is 0 Å². The van der Waals surface area contributed by atoms with E-state index in [1.165, 1.54) is 44.9 Å². The summed E-state index contributed by atoms with van der Waals surface area (Å²) in [7, 11) is 0. The minimum absolute atomic E-state index is 0.306. The van der Waals surface area contributed by atoms with Crippen molar-refractivity contribution in [2.45, 2.75) is 77.9 Å². The lowest BCUT2D eigenvalue weighted by Gasteiger charge is -2.39. The molecule has 3 aliphatic rings. The third-order valence-corrected chi connectivity index (χ3v) is 7.37. The summed E-state index contributed by atoms with van der Waals surface area (Å²) in [5.41, 5.74) is 0.702. The quantitative estimate of drug-likeness (QED) is 0.844. The van der Waals surface area contributed by atoms with Gasteiger partial charge in [0.05, 0.1) is 18.8 Å². The van der Waals surface area contributed by atoms with Crippen molar-refractivity contribution in [1.82, 2.24) is 4.90 Å². The smallest absolute Gasteiger partial charge is 0.0900 e. The topological polar surface area (TPSA) is 32.7 Å². The highest BCUT2D eigenvalue weighted by molar-refractivity contribution is 5.11. The summed E-state index contributed by atoms with van der Waals surface area (Å²) in [6.07, 6.45) is 9.12. The maximum absolute atomic E-state index is 10.4. The number of β-amino-alcohol motifs (C(OH)–C–C–N with tert-alkyl or cyclic N) is 1. The number of likely N-dealkylation sites (tertiary alicyclic amines) is 1. The number of aliphatic hydroxyl groups is 1. The van der Waals surface area contributed by atoms with Gasteiger partial charge in [0.2, 0.25) is 0 Å². The molecule has 0 aromatic heterocycles. The maximum Gasteiger partial charge on any atom is 0.0900 e. The SMILES string of the molecule is CC1(C)[C@H]2CC[C@]1(C)[C@H](OC[C@H](O)CN1CCCCCC1)C2. The number of ether oxygens (including phenoxy) is 1. The van der Waals surface area contributed by atoms with Crippen LogP contribution in [0.3, 0.4) is 0 Å². The fraction of sp³-hybridized carbons (Fsp3) is 1.00. The van der Waals surface area contributed by atoms with Crippen molar-refractivity contribution in [3.8, 4) is 0 Å². The Morgan fingerprint density at radius 1 is 1.14 bits per heavy atom. The predicted molar refractivity (Wildman–Crippen MR) is 89.9 cm³/mol. The Morgan fingerprint density at radius 2 is 1.82 bits per heavy atom. The number of hydrogen-bond acceptors (Lipinski definition) is 3. The molecule has 3 heteroatoms. The molecule has 1 aliphatic heterocycles. The molecule has 0 radical (unpaired) electrons. The van der Waals surface area contributed by atoms with Crippen LogP contribution in [-0.2, 0) is 4.74 Å². The van der Waals surface area contributed by atoms with Crippen LogP contribution in [0.15, 0.2) is 0 Å². The third kappa shape index (κ3) is 2.97. The molecule has 2 bridgehead atoms. The van der Waals surface area contributed by atoms with Crippen LogP contribution in [0.2, 0.25) is 0 Å². The Morgan fingerprint density at radius 3 is 2.36 bits per heavy atom. The third-order valence-electron chi connectivity index (χ3n) is 7.37. The Balaban J connectivity index is 1.46. The van der Waals surface area contributed by atoms with Crippen LogP contribution in [0.25, 0.3) is 0 Å². The lowest BCUT2D eigenvalue weighted by atomic mass is 9.70. The molecule has 1 saturated heterocycles. The maximum atomic E-state index is 10.4. The summed E-state index contributed by atoms with van der Waals surface area (Å²) in [4.78, 5) is 2.42. The van der Waals surface area contributed by atoms with Crippen LogP contribution in [0, 0.1) is 16.7 Å². The number of hydrogen-bond donors (Lipinski definition) is 1. The highest BCUT2D eigenvalue weighted by Crippen LogP contribution is 2.66. The normalized spacial score (nSPS) is 39.8. The van der Waals surface area contributed by atoms with E-state index in [2.05, 4.69) is 25.7 Å². The van der Waals surface area contributed by atoms with E-state index in [0.29, 0.717) is 23.5 Å². The summed E-state index contributed by atoms with van der Waals surface area (Å²) in [5.74, 6) is 0.810. The summed E-state index contributed by atoms with van der Waals surface area (Å²) >= 11 is 0. The summed E-state index contributed by atoms with van der Waals surface area (Å²) in [6.45, 7) is 10.8. The number of rotatable bonds is 5. The van der Waals surface area contributed by atoms with Gasteiger partial charge in [-0.25, -0.2) is 0 Å². The van der Waals surface area contributed by atoms with Crippen molar-refractivity contribution >= 4 is 0 Å². The Kier molecular flexibility index (Phi) is 4.87. The highest BCUT2D eigenvalue weighted by atomic mass is 16.5. The zero-order valence-corrected chi connectivity index (χ0v) is 14.8. The van der Waals surface area contributed by atoms with E-state index < -0.39 is 0 Å². The lowest BCUT2D eigenvalue weighted by Crippen LogP contribution is -2.40. The van der Waals surface area contributed by atoms with Crippen molar-refractivity contribution in [3.05, 3.63) is 0 Å². The van der Waals surface area contributed by atoms with Gasteiger partial charge >= 0.3 is 0 Å². The van der Waals surface area contributed by atoms with Gasteiger partial charge in [-0.05, 0) is 61.9 Å². The van der Waals surface area contributed by atoms with Crippen LogP contribution in [0.1, 0.15) is 65.7 Å². The van der Waals surface area contributed by atoms with Gasteiger partial charge in [-0.2, -0.15) is 0 Å². The van der Waals surface area contributed by atoms with Crippen LogP contribution in [0.5, 0.6) is 0 Å². The second-order valence-electron chi connectivity index (χ2n) is 8.80. The van der Waals surface area contributed by atoms with Gasteiger partial charge in [0, 0.05) is 6.54 Å². The Bertz CT molecular complexity index is 376. The van der Waals surface area contributed by atoms with Gasteiger partial charge in [0.1, 0.15) is 0 Å². The molecular formula is C19H35NO2. The first kappa shape index (κ1) is 16.7. The average Bonchev–Trinajstić information content (AvgIpc) is 2.74. The first-order valence-corrected chi connectivity index (χ1v) is 9.45. The highest BCUT2D eigenvalue weighted by Gasteiger charge is 2.61. The molecule has 22 heavy (non-hydrogen) atoms.